The molecule has 0 spiro atoms. The maximum Gasteiger partial charge on any atom is 0.0366 e. The minimum Gasteiger partial charge on any atom is -0.371 e. The van der Waals surface area contributed by atoms with Crippen molar-refractivity contribution in [2.75, 3.05) is 23.7 Å². The summed E-state index contributed by atoms with van der Waals surface area (Å²) in [6, 6.07) is 12.4. The van der Waals surface area contributed by atoms with Crippen LogP contribution in [0.3, 0.4) is 0 Å². The first-order chi connectivity index (χ1) is 10.3. The molecule has 1 aromatic rings. The van der Waals surface area contributed by atoms with Gasteiger partial charge >= 0.3 is 0 Å². The standard InChI is InChI=1S/C18H28N2S/c1-2-21-18-9-8-16(14-18)19-15-10-12-20(13-11-15)17-6-4-3-5-7-17/h3-7,15-16,18-19H,2,8-14H2,1H3. The molecular weight excluding hydrogens is 276 g/mol. The first-order valence-corrected chi connectivity index (χ1v) is 9.57. The second kappa shape index (κ2) is 7.55. The molecule has 2 aliphatic rings. The van der Waals surface area contributed by atoms with E-state index in [1.807, 2.05) is 0 Å². The van der Waals surface area contributed by atoms with Crippen LogP contribution in [0.25, 0.3) is 0 Å². The molecule has 3 heteroatoms. The van der Waals surface area contributed by atoms with Crippen molar-refractivity contribution in [2.24, 2.45) is 0 Å². The molecule has 0 amide bonds. The van der Waals surface area contributed by atoms with Crippen LogP contribution in [-0.2, 0) is 0 Å². The molecule has 1 saturated carbocycles. The maximum atomic E-state index is 3.94. The topological polar surface area (TPSA) is 15.3 Å². The van der Waals surface area contributed by atoms with E-state index in [9.17, 15) is 0 Å². The van der Waals surface area contributed by atoms with Crippen LogP contribution < -0.4 is 10.2 Å². The molecule has 1 heterocycles. The molecule has 0 bridgehead atoms. The van der Waals surface area contributed by atoms with Crippen LogP contribution in [0.4, 0.5) is 5.69 Å². The third kappa shape index (κ3) is 4.17. The van der Waals surface area contributed by atoms with E-state index in [0.717, 1.165) is 17.3 Å². The normalized spacial score (nSPS) is 27.2. The Kier molecular flexibility index (Phi) is 5.48. The van der Waals surface area contributed by atoms with Crippen molar-refractivity contribution in [1.29, 1.82) is 0 Å². The summed E-state index contributed by atoms with van der Waals surface area (Å²) in [6.07, 6.45) is 6.76. The fourth-order valence-electron chi connectivity index (χ4n) is 3.76. The molecule has 1 aliphatic carbocycles. The van der Waals surface area contributed by atoms with Gasteiger partial charge in [0.25, 0.3) is 0 Å². The summed E-state index contributed by atoms with van der Waals surface area (Å²) in [4.78, 5) is 2.53. The Morgan fingerprint density at radius 2 is 1.81 bits per heavy atom. The number of hydrogen-bond acceptors (Lipinski definition) is 3. The molecule has 1 aliphatic heterocycles. The zero-order valence-electron chi connectivity index (χ0n) is 13.1. The average molecular weight is 305 g/mol. The lowest BCUT2D eigenvalue weighted by Crippen LogP contribution is -2.45. The highest BCUT2D eigenvalue weighted by atomic mass is 32.2. The van der Waals surface area contributed by atoms with Gasteiger partial charge in [0.2, 0.25) is 0 Å². The van der Waals surface area contributed by atoms with Crippen LogP contribution in [0.1, 0.15) is 39.0 Å². The number of nitrogens with one attached hydrogen (secondary N) is 1. The lowest BCUT2D eigenvalue weighted by Gasteiger charge is -2.35. The Labute approximate surface area is 133 Å². The van der Waals surface area contributed by atoms with Crippen molar-refractivity contribution >= 4 is 17.4 Å². The third-order valence-electron chi connectivity index (χ3n) is 4.87. The molecule has 1 aromatic carbocycles. The lowest BCUT2D eigenvalue weighted by atomic mass is 10.0. The van der Waals surface area contributed by atoms with Gasteiger partial charge in [-0.25, -0.2) is 0 Å². The van der Waals surface area contributed by atoms with E-state index in [1.54, 1.807) is 0 Å². The minimum atomic E-state index is 0.736. The van der Waals surface area contributed by atoms with Gasteiger partial charge in [0.15, 0.2) is 0 Å². The van der Waals surface area contributed by atoms with Gasteiger partial charge in [0.1, 0.15) is 0 Å². The van der Waals surface area contributed by atoms with Gasteiger partial charge in [-0.15, -0.1) is 0 Å². The Morgan fingerprint density at radius 3 is 2.52 bits per heavy atom. The number of nitrogens with zero attached hydrogens (tertiary/aromatic N) is 1. The van der Waals surface area contributed by atoms with Gasteiger partial charge in [-0.05, 0) is 50.0 Å². The van der Waals surface area contributed by atoms with Gasteiger partial charge < -0.3 is 10.2 Å². The van der Waals surface area contributed by atoms with Gasteiger partial charge in [-0.2, -0.15) is 11.8 Å². The predicted molar refractivity (Wildman–Crippen MR) is 94.4 cm³/mol. The summed E-state index contributed by atoms with van der Waals surface area (Å²) in [5.74, 6) is 1.27. The highest BCUT2D eigenvalue weighted by Gasteiger charge is 2.27. The quantitative estimate of drug-likeness (QED) is 0.887. The van der Waals surface area contributed by atoms with Crippen LogP contribution in [0.5, 0.6) is 0 Å². The first kappa shape index (κ1) is 15.2. The van der Waals surface area contributed by atoms with E-state index in [2.05, 4.69) is 59.2 Å². The zero-order valence-corrected chi connectivity index (χ0v) is 13.9. The molecule has 0 aromatic heterocycles. The summed E-state index contributed by atoms with van der Waals surface area (Å²) in [6.45, 7) is 4.67. The smallest absolute Gasteiger partial charge is 0.0366 e. The first-order valence-electron chi connectivity index (χ1n) is 8.53. The van der Waals surface area contributed by atoms with E-state index >= 15 is 0 Å². The van der Waals surface area contributed by atoms with E-state index in [1.165, 1.54) is 56.6 Å². The van der Waals surface area contributed by atoms with E-state index < -0.39 is 0 Å². The molecule has 21 heavy (non-hydrogen) atoms. The van der Waals surface area contributed by atoms with Crippen LogP contribution in [0.15, 0.2) is 30.3 Å². The second-order valence-corrected chi connectivity index (χ2v) is 7.93. The Hall–Kier alpha value is -0.670. The lowest BCUT2D eigenvalue weighted by molar-refractivity contribution is 0.368. The van der Waals surface area contributed by atoms with Gasteiger partial charge in [-0.3, -0.25) is 0 Å². The van der Waals surface area contributed by atoms with Crippen LogP contribution in [0, 0.1) is 0 Å². The average Bonchev–Trinajstić information content (AvgIpc) is 2.97. The van der Waals surface area contributed by atoms with Crippen molar-refractivity contribution in [2.45, 2.75) is 56.4 Å². The second-order valence-electron chi connectivity index (χ2n) is 6.35. The molecule has 0 radical (unpaired) electrons. The molecule has 1 N–H and O–H groups in total. The fourth-order valence-corrected chi connectivity index (χ4v) is 4.90. The molecule has 2 atom stereocenters. The van der Waals surface area contributed by atoms with Crippen molar-refractivity contribution in [3.05, 3.63) is 30.3 Å². The number of hydrogen-bond donors (Lipinski definition) is 1. The summed E-state index contributed by atoms with van der Waals surface area (Å²) < 4.78 is 0. The summed E-state index contributed by atoms with van der Waals surface area (Å²) in [5, 5.41) is 4.85. The van der Waals surface area contributed by atoms with Gasteiger partial charge in [-0.1, -0.05) is 25.1 Å². The van der Waals surface area contributed by atoms with Crippen molar-refractivity contribution in [3.8, 4) is 0 Å². The Balaban J connectivity index is 1.42. The van der Waals surface area contributed by atoms with Crippen LogP contribution in [-0.4, -0.2) is 36.2 Å². The predicted octanol–water partition coefficient (Wildman–Crippen LogP) is 3.92. The number of benzene rings is 1. The summed E-state index contributed by atoms with van der Waals surface area (Å²) >= 11 is 2.15. The third-order valence-corrected chi connectivity index (χ3v) is 6.11. The molecular formula is C18H28N2S. The molecule has 3 rings (SSSR count). The van der Waals surface area contributed by atoms with E-state index in [-0.39, 0.29) is 0 Å². The molecule has 1 saturated heterocycles. The van der Waals surface area contributed by atoms with Gasteiger partial charge in [0.05, 0.1) is 0 Å². The van der Waals surface area contributed by atoms with Crippen molar-refractivity contribution < 1.29 is 0 Å². The highest BCUT2D eigenvalue weighted by Crippen LogP contribution is 2.30. The number of piperidine rings is 1. The number of anilines is 1. The van der Waals surface area contributed by atoms with E-state index in [4.69, 9.17) is 0 Å². The largest absolute Gasteiger partial charge is 0.371 e. The molecule has 2 nitrogen and oxygen atoms in total. The fraction of sp³-hybridized carbons (Fsp3) is 0.667. The molecule has 2 unspecified atom stereocenters. The summed E-state index contributed by atoms with van der Waals surface area (Å²) in [5.41, 5.74) is 1.39. The molecule has 2 fully saturated rings. The summed E-state index contributed by atoms with van der Waals surface area (Å²) in [7, 11) is 0. The SMILES string of the molecule is CCSC1CCC(NC2CCN(c3ccccc3)CC2)C1. The Bertz CT molecular complexity index is 414. The number of rotatable bonds is 5. The number of thioether (sulfide) groups is 1. The monoisotopic (exact) mass is 304 g/mol. The molecule has 116 valence electrons. The minimum absolute atomic E-state index is 0.736. The Morgan fingerprint density at radius 1 is 1.05 bits per heavy atom. The number of para-hydroxylation sites is 1. The highest BCUT2D eigenvalue weighted by molar-refractivity contribution is 7.99. The van der Waals surface area contributed by atoms with Crippen LogP contribution in [0.2, 0.25) is 0 Å². The van der Waals surface area contributed by atoms with Crippen molar-refractivity contribution in [1.82, 2.24) is 5.32 Å². The van der Waals surface area contributed by atoms with Crippen molar-refractivity contribution in [3.63, 3.8) is 0 Å². The zero-order chi connectivity index (χ0) is 14.5. The maximum absolute atomic E-state index is 3.94. The van der Waals surface area contributed by atoms with Gasteiger partial charge in [0, 0.05) is 36.1 Å². The van der Waals surface area contributed by atoms with Crippen LogP contribution >= 0.6 is 11.8 Å². The van der Waals surface area contributed by atoms with E-state index in [0.29, 0.717) is 0 Å².